The molecule has 0 aliphatic heterocycles. The molecule has 1 N–H and O–H groups in total. The van der Waals surface area contributed by atoms with Crippen molar-refractivity contribution in [2.75, 3.05) is 19.8 Å². The molecule has 21 heavy (non-hydrogen) atoms. The molecule has 7 heteroatoms. The molecule has 112 valence electrons. The third kappa shape index (κ3) is 4.35. The number of carbonyl (C=O) groups excluding carboxylic acids is 1. The number of ether oxygens (including phenoxy) is 1. The number of aromatic nitrogens is 2. The molecule has 1 amide bonds. The van der Waals surface area contributed by atoms with E-state index in [1.165, 1.54) is 6.07 Å². The van der Waals surface area contributed by atoms with Gasteiger partial charge in [0.2, 0.25) is 0 Å². The Morgan fingerprint density at radius 2 is 2.05 bits per heavy atom. The van der Waals surface area contributed by atoms with Crippen molar-refractivity contribution < 1.29 is 18.3 Å². The lowest BCUT2D eigenvalue weighted by Crippen LogP contribution is -2.29. The Kier molecular flexibility index (Phi) is 5.39. The molecule has 0 spiro atoms. The van der Waals surface area contributed by atoms with Crippen LogP contribution in [0.1, 0.15) is 10.4 Å². The number of rotatable bonds is 7. The van der Waals surface area contributed by atoms with E-state index in [0.717, 1.165) is 12.1 Å². The van der Waals surface area contributed by atoms with Crippen LogP contribution in [0.15, 0.2) is 36.9 Å². The molecule has 2 aromatic rings. The molecule has 0 atom stereocenters. The molecule has 0 unspecified atom stereocenters. The van der Waals surface area contributed by atoms with Gasteiger partial charge in [0.25, 0.3) is 5.91 Å². The van der Waals surface area contributed by atoms with Gasteiger partial charge in [-0.1, -0.05) is 6.07 Å². The Balaban J connectivity index is 1.67. The first-order valence-electron chi connectivity index (χ1n) is 6.44. The normalized spacial score (nSPS) is 10.6. The Morgan fingerprint density at radius 3 is 2.71 bits per heavy atom. The van der Waals surface area contributed by atoms with Gasteiger partial charge in [-0.25, -0.2) is 13.8 Å². The van der Waals surface area contributed by atoms with E-state index in [1.54, 1.807) is 12.5 Å². The maximum absolute atomic E-state index is 13.3. The Bertz CT molecular complexity index is 568. The zero-order valence-electron chi connectivity index (χ0n) is 11.3. The molecule has 0 saturated carbocycles. The summed E-state index contributed by atoms with van der Waals surface area (Å²) in [6, 6.07) is 3.29. The van der Waals surface area contributed by atoms with Gasteiger partial charge in [-0.3, -0.25) is 4.79 Å². The zero-order chi connectivity index (χ0) is 15.1. The van der Waals surface area contributed by atoms with Crippen molar-refractivity contribution in [3.05, 3.63) is 54.1 Å². The van der Waals surface area contributed by atoms with E-state index in [4.69, 9.17) is 4.74 Å². The predicted octanol–water partition coefficient (Wildman–Crippen LogP) is 1.61. The number of halogens is 2. The molecule has 0 bridgehead atoms. The van der Waals surface area contributed by atoms with Crippen LogP contribution in [0, 0.1) is 11.6 Å². The Morgan fingerprint density at radius 1 is 1.29 bits per heavy atom. The quantitative estimate of drug-likeness (QED) is 0.790. The van der Waals surface area contributed by atoms with Crippen LogP contribution in [0.3, 0.4) is 0 Å². The van der Waals surface area contributed by atoms with E-state index < -0.39 is 23.1 Å². The van der Waals surface area contributed by atoms with Crippen molar-refractivity contribution in [3.8, 4) is 0 Å². The van der Waals surface area contributed by atoms with Crippen molar-refractivity contribution in [2.24, 2.45) is 0 Å². The molecule has 1 aromatic heterocycles. The molecule has 1 aromatic carbocycles. The first-order valence-corrected chi connectivity index (χ1v) is 6.44. The third-order valence-corrected chi connectivity index (χ3v) is 2.77. The number of benzene rings is 1. The van der Waals surface area contributed by atoms with Crippen LogP contribution in [0.4, 0.5) is 8.78 Å². The van der Waals surface area contributed by atoms with Gasteiger partial charge in [0.15, 0.2) is 0 Å². The smallest absolute Gasteiger partial charge is 0.257 e. The number of amides is 1. The summed E-state index contributed by atoms with van der Waals surface area (Å²) in [7, 11) is 0. The number of carbonyl (C=O) groups is 1. The fraction of sp³-hybridized carbons (Fsp3) is 0.286. The van der Waals surface area contributed by atoms with Gasteiger partial charge < -0.3 is 14.6 Å². The molecular formula is C14H15F2N3O2. The SMILES string of the molecule is O=C(NCCOCCn1ccnc1)c1c(F)cccc1F. The lowest BCUT2D eigenvalue weighted by Gasteiger charge is -2.08. The van der Waals surface area contributed by atoms with Crippen LogP contribution in [0.5, 0.6) is 0 Å². The van der Waals surface area contributed by atoms with Crippen molar-refractivity contribution in [2.45, 2.75) is 6.54 Å². The van der Waals surface area contributed by atoms with E-state index in [9.17, 15) is 13.6 Å². The average Bonchev–Trinajstić information content (AvgIpc) is 2.95. The second-order valence-electron chi connectivity index (χ2n) is 4.27. The van der Waals surface area contributed by atoms with Crippen molar-refractivity contribution >= 4 is 5.91 Å². The Hall–Kier alpha value is -2.28. The summed E-state index contributed by atoms with van der Waals surface area (Å²) in [4.78, 5) is 15.5. The summed E-state index contributed by atoms with van der Waals surface area (Å²) in [6.45, 7) is 1.54. The lowest BCUT2D eigenvalue weighted by molar-refractivity contribution is 0.0900. The maximum atomic E-state index is 13.3. The van der Waals surface area contributed by atoms with E-state index in [-0.39, 0.29) is 13.2 Å². The fourth-order valence-corrected chi connectivity index (χ4v) is 1.73. The first-order chi connectivity index (χ1) is 10.2. The standard InChI is InChI=1S/C14H15F2N3O2/c15-11-2-1-3-12(16)13(11)14(20)18-5-8-21-9-7-19-6-4-17-10-19/h1-4,6,10H,5,7-9H2,(H,18,20). The van der Waals surface area contributed by atoms with Crippen LogP contribution in [0.2, 0.25) is 0 Å². The van der Waals surface area contributed by atoms with Crippen LogP contribution < -0.4 is 5.32 Å². The number of hydrogen-bond donors (Lipinski definition) is 1. The van der Waals surface area contributed by atoms with E-state index >= 15 is 0 Å². The summed E-state index contributed by atoms with van der Waals surface area (Å²) < 4.78 is 33.9. The van der Waals surface area contributed by atoms with Gasteiger partial charge in [-0.05, 0) is 12.1 Å². The molecule has 0 radical (unpaired) electrons. The summed E-state index contributed by atoms with van der Waals surface area (Å²) in [5.41, 5.74) is -0.573. The topological polar surface area (TPSA) is 56.1 Å². The van der Waals surface area contributed by atoms with Crippen molar-refractivity contribution in [1.29, 1.82) is 0 Å². The van der Waals surface area contributed by atoms with Crippen LogP contribution in [-0.4, -0.2) is 35.2 Å². The lowest BCUT2D eigenvalue weighted by atomic mass is 10.2. The molecule has 0 aliphatic carbocycles. The van der Waals surface area contributed by atoms with Crippen LogP contribution in [-0.2, 0) is 11.3 Å². The summed E-state index contributed by atoms with van der Waals surface area (Å²) >= 11 is 0. The molecule has 2 rings (SSSR count). The average molecular weight is 295 g/mol. The van der Waals surface area contributed by atoms with E-state index in [1.807, 2.05) is 10.8 Å². The minimum Gasteiger partial charge on any atom is -0.378 e. The molecule has 0 fully saturated rings. The molecule has 0 aliphatic rings. The van der Waals surface area contributed by atoms with E-state index in [0.29, 0.717) is 13.2 Å². The second kappa shape index (κ2) is 7.49. The number of imidazole rings is 1. The minimum atomic E-state index is -0.881. The second-order valence-corrected chi connectivity index (χ2v) is 4.27. The summed E-state index contributed by atoms with van der Waals surface area (Å²) in [6.07, 6.45) is 5.15. The monoisotopic (exact) mass is 295 g/mol. The van der Waals surface area contributed by atoms with Gasteiger partial charge >= 0.3 is 0 Å². The van der Waals surface area contributed by atoms with Crippen LogP contribution >= 0.6 is 0 Å². The number of nitrogens with zero attached hydrogens (tertiary/aromatic N) is 2. The van der Waals surface area contributed by atoms with E-state index in [2.05, 4.69) is 10.3 Å². The maximum Gasteiger partial charge on any atom is 0.257 e. The van der Waals surface area contributed by atoms with Gasteiger partial charge in [0.1, 0.15) is 17.2 Å². The van der Waals surface area contributed by atoms with Gasteiger partial charge in [0.05, 0.1) is 19.5 Å². The molecule has 1 heterocycles. The van der Waals surface area contributed by atoms with Gasteiger partial charge in [-0.15, -0.1) is 0 Å². The molecule has 5 nitrogen and oxygen atoms in total. The van der Waals surface area contributed by atoms with Gasteiger partial charge in [0, 0.05) is 25.5 Å². The first kappa shape index (κ1) is 15.1. The number of hydrogen-bond acceptors (Lipinski definition) is 3. The highest BCUT2D eigenvalue weighted by molar-refractivity contribution is 5.94. The third-order valence-electron chi connectivity index (χ3n) is 2.77. The van der Waals surface area contributed by atoms with Gasteiger partial charge in [-0.2, -0.15) is 0 Å². The predicted molar refractivity (Wildman–Crippen MR) is 71.7 cm³/mol. The minimum absolute atomic E-state index is 0.177. The highest BCUT2D eigenvalue weighted by atomic mass is 19.1. The van der Waals surface area contributed by atoms with Crippen molar-refractivity contribution in [3.63, 3.8) is 0 Å². The molecule has 0 saturated heterocycles. The zero-order valence-corrected chi connectivity index (χ0v) is 11.3. The van der Waals surface area contributed by atoms with Crippen LogP contribution in [0.25, 0.3) is 0 Å². The fourth-order valence-electron chi connectivity index (χ4n) is 1.73. The highest BCUT2D eigenvalue weighted by Crippen LogP contribution is 2.11. The highest BCUT2D eigenvalue weighted by Gasteiger charge is 2.16. The summed E-state index contributed by atoms with van der Waals surface area (Å²) in [5, 5.41) is 2.41. The number of nitrogens with one attached hydrogen (secondary N) is 1. The largest absolute Gasteiger partial charge is 0.378 e. The summed E-state index contributed by atoms with van der Waals surface area (Å²) in [5.74, 6) is -2.55. The van der Waals surface area contributed by atoms with Crippen molar-refractivity contribution in [1.82, 2.24) is 14.9 Å². The Labute approximate surface area is 120 Å². The molecular weight excluding hydrogens is 280 g/mol.